The maximum absolute atomic E-state index is 8.84. The van der Waals surface area contributed by atoms with Crippen molar-refractivity contribution in [3.63, 3.8) is 0 Å². The van der Waals surface area contributed by atoms with E-state index in [2.05, 4.69) is 85.2 Å². The third kappa shape index (κ3) is 5.61. The number of benzene rings is 3. The lowest BCUT2D eigenvalue weighted by Crippen LogP contribution is -2.21. The molecule has 0 saturated heterocycles. The third-order valence-electron chi connectivity index (χ3n) is 4.77. The number of hydrogen-bond donors (Lipinski definition) is 0. The first-order valence-corrected chi connectivity index (χ1v) is 9.87. The molecule has 0 bridgehead atoms. The topological polar surface area (TPSA) is 27.0 Å². The van der Waals surface area contributed by atoms with Crippen molar-refractivity contribution in [1.29, 1.82) is 5.26 Å². The molecule has 3 rings (SSSR count). The van der Waals surface area contributed by atoms with Crippen LogP contribution in [-0.4, -0.2) is 13.1 Å². The maximum atomic E-state index is 8.84. The normalized spacial score (nSPS) is 10.2. The Morgan fingerprint density at radius 2 is 1.07 bits per heavy atom. The van der Waals surface area contributed by atoms with E-state index in [0.29, 0.717) is 5.56 Å². The zero-order valence-corrected chi connectivity index (χ0v) is 16.9. The van der Waals surface area contributed by atoms with E-state index in [4.69, 9.17) is 5.26 Å². The summed E-state index contributed by atoms with van der Waals surface area (Å²) in [5.74, 6) is 6.30. The summed E-state index contributed by atoms with van der Waals surface area (Å²) in [4.78, 5) is 2.34. The van der Waals surface area contributed by atoms with Gasteiger partial charge in [-0.3, -0.25) is 0 Å². The molecule has 0 atom stereocenters. The summed E-state index contributed by atoms with van der Waals surface area (Å²) in [6, 6.07) is 26.3. The molecule has 0 fully saturated rings. The summed E-state index contributed by atoms with van der Waals surface area (Å²) in [6.45, 7) is 6.39. The van der Waals surface area contributed by atoms with Crippen molar-refractivity contribution in [2.75, 3.05) is 18.0 Å². The molecule has 0 aliphatic heterocycles. The van der Waals surface area contributed by atoms with Gasteiger partial charge in [-0.25, -0.2) is 0 Å². The van der Waals surface area contributed by atoms with Crippen LogP contribution in [0.3, 0.4) is 0 Å². The average Bonchev–Trinajstić information content (AvgIpc) is 2.79. The van der Waals surface area contributed by atoms with Crippen LogP contribution in [0.25, 0.3) is 12.2 Å². The predicted molar refractivity (Wildman–Crippen MR) is 123 cm³/mol. The number of hydrogen-bond acceptors (Lipinski definition) is 2. The molecule has 0 aromatic heterocycles. The Balaban J connectivity index is 1.64. The molecule has 0 amide bonds. The number of nitrogens with zero attached hydrogens (tertiary/aromatic N) is 2. The van der Waals surface area contributed by atoms with Crippen LogP contribution in [0, 0.1) is 23.2 Å². The minimum absolute atomic E-state index is 0.648. The molecule has 0 spiro atoms. The second-order valence-corrected chi connectivity index (χ2v) is 6.66. The molecule has 0 heterocycles. The number of nitriles is 1. The molecule has 0 aliphatic carbocycles. The van der Waals surface area contributed by atoms with E-state index in [1.165, 1.54) is 11.3 Å². The standard InChI is InChI=1S/C27H24N2/c1-3-29(4-2)27-19-17-25(18-20-27)12-11-23-7-5-22(6-8-23)9-10-24-13-15-26(21-28)16-14-24/h5-8,11-20H,3-4H2,1-2H3/b12-11+. The van der Waals surface area contributed by atoms with Crippen LogP contribution in [0.4, 0.5) is 5.69 Å². The van der Waals surface area contributed by atoms with Gasteiger partial charge in [0.05, 0.1) is 11.6 Å². The van der Waals surface area contributed by atoms with Crippen LogP contribution in [0.5, 0.6) is 0 Å². The second kappa shape index (κ2) is 9.98. The molecule has 0 N–H and O–H groups in total. The van der Waals surface area contributed by atoms with E-state index >= 15 is 0 Å². The van der Waals surface area contributed by atoms with Crippen molar-refractivity contribution in [3.05, 3.63) is 101 Å². The molecule has 0 saturated carbocycles. The molecule has 0 aliphatic rings. The Morgan fingerprint density at radius 3 is 1.52 bits per heavy atom. The smallest absolute Gasteiger partial charge is 0.0991 e. The van der Waals surface area contributed by atoms with Crippen LogP contribution >= 0.6 is 0 Å². The van der Waals surface area contributed by atoms with Gasteiger partial charge in [-0.2, -0.15) is 5.26 Å². The second-order valence-electron chi connectivity index (χ2n) is 6.66. The van der Waals surface area contributed by atoms with E-state index < -0.39 is 0 Å². The summed E-state index contributed by atoms with van der Waals surface area (Å²) in [6.07, 6.45) is 4.24. The average molecular weight is 377 g/mol. The van der Waals surface area contributed by atoms with E-state index in [0.717, 1.165) is 29.8 Å². The van der Waals surface area contributed by atoms with Gasteiger partial charge < -0.3 is 4.90 Å². The number of rotatable bonds is 5. The molecule has 2 heteroatoms. The van der Waals surface area contributed by atoms with Crippen LogP contribution in [-0.2, 0) is 0 Å². The maximum Gasteiger partial charge on any atom is 0.0991 e. The highest BCUT2D eigenvalue weighted by Crippen LogP contribution is 2.17. The lowest BCUT2D eigenvalue weighted by molar-refractivity contribution is 0.866. The van der Waals surface area contributed by atoms with Crippen LogP contribution in [0.2, 0.25) is 0 Å². The van der Waals surface area contributed by atoms with Crippen molar-refractivity contribution in [2.24, 2.45) is 0 Å². The van der Waals surface area contributed by atoms with Crippen molar-refractivity contribution in [3.8, 4) is 17.9 Å². The Kier molecular flexibility index (Phi) is 6.88. The fourth-order valence-corrected chi connectivity index (χ4v) is 3.03. The van der Waals surface area contributed by atoms with Crippen molar-refractivity contribution >= 4 is 17.8 Å². The van der Waals surface area contributed by atoms with Gasteiger partial charge in [0.15, 0.2) is 0 Å². The SMILES string of the molecule is CCN(CC)c1ccc(/C=C/c2ccc(C#Cc3ccc(C#N)cc3)cc2)cc1. The van der Waals surface area contributed by atoms with E-state index in [1.54, 1.807) is 12.1 Å². The van der Waals surface area contributed by atoms with Crippen LogP contribution in [0.1, 0.15) is 41.7 Å². The third-order valence-corrected chi connectivity index (χ3v) is 4.77. The Hall–Kier alpha value is -3.75. The van der Waals surface area contributed by atoms with Crippen molar-refractivity contribution in [1.82, 2.24) is 0 Å². The molecule has 0 radical (unpaired) electrons. The van der Waals surface area contributed by atoms with Gasteiger partial charge in [-0.15, -0.1) is 0 Å². The highest BCUT2D eigenvalue weighted by molar-refractivity contribution is 5.70. The van der Waals surface area contributed by atoms with Gasteiger partial charge in [-0.1, -0.05) is 48.3 Å². The van der Waals surface area contributed by atoms with E-state index in [9.17, 15) is 0 Å². The lowest BCUT2D eigenvalue weighted by atomic mass is 10.1. The highest BCUT2D eigenvalue weighted by Gasteiger charge is 2.00. The summed E-state index contributed by atoms with van der Waals surface area (Å²) < 4.78 is 0. The minimum atomic E-state index is 0.648. The largest absolute Gasteiger partial charge is 0.372 e. The van der Waals surface area contributed by atoms with Gasteiger partial charge in [0.1, 0.15) is 0 Å². The zero-order chi connectivity index (χ0) is 20.5. The minimum Gasteiger partial charge on any atom is -0.372 e. The van der Waals surface area contributed by atoms with Gasteiger partial charge >= 0.3 is 0 Å². The number of anilines is 1. The van der Waals surface area contributed by atoms with Gasteiger partial charge in [0.2, 0.25) is 0 Å². The predicted octanol–water partition coefficient (Wildman–Crippen LogP) is 5.97. The fourth-order valence-electron chi connectivity index (χ4n) is 3.03. The van der Waals surface area contributed by atoms with Crippen molar-refractivity contribution in [2.45, 2.75) is 13.8 Å². The summed E-state index contributed by atoms with van der Waals surface area (Å²) in [5.41, 5.74) is 6.11. The Labute approximate surface area is 173 Å². The molecule has 2 nitrogen and oxygen atoms in total. The highest BCUT2D eigenvalue weighted by atomic mass is 15.1. The molecule has 3 aromatic rings. The van der Waals surface area contributed by atoms with Crippen molar-refractivity contribution < 1.29 is 0 Å². The molecular weight excluding hydrogens is 352 g/mol. The monoisotopic (exact) mass is 376 g/mol. The van der Waals surface area contributed by atoms with Gasteiger partial charge in [-0.05, 0) is 73.5 Å². The quantitative estimate of drug-likeness (QED) is 0.405. The summed E-state index contributed by atoms with van der Waals surface area (Å²) >= 11 is 0. The first kappa shape index (κ1) is 20.0. The Morgan fingerprint density at radius 1 is 0.655 bits per heavy atom. The van der Waals surface area contributed by atoms with Crippen LogP contribution in [0.15, 0.2) is 72.8 Å². The van der Waals surface area contributed by atoms with Crippen LogP contribution < -0.4 is 4.90 Å². The first-order chi connectivity index (χ1) is 14.2. The van der Waals surface area contributed by atoms with E-state index in [-0.39, 0.29) is 0 Å². The molecule has 0 unspecified atom stereocenters. The first-order valence-electron chi connectivity index (χ1n) is 9.87. The molecule has 142 valence electrons. The Bertz CT molecular complexity index is 1050. The summed E-state index contributed by atoms with van der Waals surface area (Å²) in [5, 5.41) is 8.84. The zero-order valence-electron chi connectivity index (χ0n) is 16.9. The molecular formula is C27H24N2. The fraction of sp³-hybridized carbons (Fsp3) is 0.148. The lowest BCUT2D eigenvalue weighted by Gasteiger charge is -2.20. The summed E-state index contributed by atoms with van der Waals surface area (Å²) in [7, 11) is 0. The van der Waals surface area contributed by atoms with Gasteiger partial charge in [0, 0.05) is 29.9 Å². The molecule has 3 aromatic carbocycles. The van der Waals surface area contributed by atoms with E-state index in [1.807, 2.05) is 24.3 Å². The van der Waals surface area contributed by atoms with Gasteiger partial charge in [0.25, 0.3) is 0 Å². The molecule has 29 heavy (non-hydrogen) atoms.